The Labute approximate surface area is 139 Å². The van der Waals surface area contributed by atoms with Crippen molar-refractivity contribution >= 4 is 17.2 Å². The van der Waals surface area contributed by atoms with Gasteiger partial charge in [-0.05, 0) is 31.5 Å². The second-order valence-corrected chi connectivity index (χ2v) is 6.56. The van der Waals surface area contributed by atoms with Crippen LogP contribution in [0, 0.1) is 0 Å². The lowest BCUT2D eigenvalue weighted by Gasteiger charge is -2.35. The third-order valence-corrected chi connectivity index (χ3v) is 4.96. The average molecular weight is 334 g/mol. The van der Waals surface area contributed by atoms with Crippen molar-refractivity contribution in [1.29, 1.82) is 0 Å². The van der Waals surface area contributed by atoms with Gasteiger partial charge in [-0.15, -0.1) is 0 Å². The van der Waals surface area contributed by atoms with Gasteiger partial charge in [0.15, 0.2) is 0 Å². The van der Waals surface area contributed by atoms with Crippen molar-refractivity contribution in [2.45, 2.75) is 19.4 Å². The van der Waals surface area contributed by atoms with Crippen LogP contribution in [0.2, 0.25) is 0 Å². The summed E-state index contributed by atoms with van der Waals surface area (Å²) < 4.78 is 1.45. The summed E-state index contributed by atoms with van der Waals surface area (Å²) in [5.41, 5.74) is 0. The first-order valence-electron chi connectivity index (χ1n) is 7.99. The van der Waals surface area contributed by atoms with Crippen LogP contribution >= 0.6 is 11.3 Å². The van der Waals surface area contributed by atoms with Crippen LogP contribution in [0.3, 0.4) is 0 Å². The quantitative estimate of drug-likeness (QED) is 0.813. The van der Waals surface area contributed by atoms with Crippen molar-refractivity contribution in [2.75, 3.05) is 37.6 Å². The Hall–Kier alpha value is -1.86. The van der Waals surface area contributed by atoms with Gasteiger partial charge >= 0.3 is 4.87 Å². The maximum Gasteiger partial charge on any atom is 0.309 e. The molecule has 7 heteroatoms. The van der Waals surface area contributed by atoms with Crippen LogP contribution in [-0.4, -0.2) is 52.3 Å². The van der Waals surface area contributed by atoms with E-state index < -0.39 is 0 Å². The van der Waals surface area contributed by atoms with Crippen molar-refractivity contribution < 1.29 is 5.11 Å². The highest BCUT2D eigenvalue weighted by Gasteiger charge is 2.17. The molecule has 1 N–H and O–H groups in total. The number of hydrogen-bond donors (Lipinski definition) is 1. The molecule has 2 aromatic rings. The number of piperazine rings is 1. The second-order valence-electron chi connectivity index (χ2n) is 5.74. The molecular weight excluding hydrogens is 312 g/mol. The smallest absolute Gasteiger partial charge is 0.309 e. The van der Waals surface area contributed by atoms with Gasteiger partial charge in [0.05, 0.1) is 5.38 Å². The lowest BCUT2D eigenvalue weighted by Crippen LogP contribution is -2.46. The highest BCUT2D eigenvalue weighted by atomic mass is 32.1. The minimum atomic E-state index is -0.0773. The van der Waals surface area contributed by atoms with Gasteiger partial charge in [-0.2, -0.15) is 0 Å². The molecule has 6 nitrogen and oxygen atoms in total. The van der Waals surface area contributed by atoms with E-state index in [0.29, 0.717) is 6.54 Å². The second kappa shape index (κ2) is 7.61. The third-order valence-electron chi connectivity index (χ3n) is 4.21. The molecule has 1 saturated heterocycles. The van der Waals surface area contributed by atoms with Crippen LogP contribution in [0.5, 0.6) is 5.88 Å². The number of aromatic hydroxyl groups is 1. The van der Waals surface area contributed by atoms with E-state index in [9.17, 15) is 9.90 Å². The SMILES string of the molecule is O=c1scc(O)n1CCCCN1CCN(c2ccccn2)CC1. The van der Waals surface area contributed by atoms with Crippen molar-refractivity contribution in [3.05, 3.63) is 39.4 Å². The summed E-state index contributed by atoms with van der Waals surface area (Å²) in [7, 11) is 0. The highest BCUT2D eigenvalue weighted by molar-refractivity contribution is 7.07. The molecule has 2 aromatic heterocycles. The van der Waals surface area contributed by atoms with Gasteiger partial charge in [0.25, 0.3) is 0 Å². The molecule has 0 spiro atoms. The molecule has 1 aliphatic heterocycles. The predicted molar refractivity (Wildman–Crippen MR) is 92.4 cm³/mol. The summed E-state index contributed by atoms with van der Waals surface area (Å²) in [5, 5.41) is 11.1. The maximum atomic E-state index is 11.5. The van der Waals surface area contributed by atoms with Crippen LogP contribution < -0.4 is 9.77 Å². The Morgan fingerprint density at radius 2 is 1.91 bits per heavy atom. The molecule has 3 rings (SSSR count). The van der Waals surface area contributed by atoms with Crippen molar-refractivity contribution in [3.63, 3.8) is 0 Å². The van der Waals surface area contributed by atoms with E-state index in [2.05, 4.69) is 20.9 Å². The lowest BCUT2D eigenvalue weighted by molar-refractivity contribution is 0.250. The van der Waals surface area contributed by atoms with E-state index in [1.54, 1.807) is 0 Å². The summed E-state index contributed by atoms with van der Waals surface area (Å²) in [4.78, 5) is 20.6. The summed E-state index contributed by atoms with van der Waals surface area (Å²) >= 11 is 1.05. The number of hydrogen-bond acceptors (Lipinski definition) is 6. The Kier molecular flexibility index (Phi) is 5.30. The van der Waals surface area contributed by atoms with Crippen LogP contribution in [-0.2, 0) is 6.54 Å². The van der Waals surface area contributed by atoms with Crippen molar-refractivity contribution in [2.24, 2.45) is 0 Å². The number of nitrogens with zero attached hydrogens (tertiary/aromatic N) is 4. The van der Waals surface area contributed by atoms with Crippen molar-refractivity contribution in [1.82, 2.24) is 14.5 Å². The molecule has 0 bridgehead atoms. The minimum absolute atomic E-state index is 0.0773. The normalized spacial score (nSPS) is 15.9. The summed E-state index contributed by atoms with van der Waals surface area (Å²) in [6.45, 7) is 5.72. The van der Waals surface area contributed by atoms with E-state index in [1.165, 1.54) is 9.95 Å². The van der Waals surface area contributed by atoms with Gasteiger partial charge in [0.1, 0.15) is 5.82 Å². The predicted octanol–water partition coefficient (Wildman–Crippen LogP) is 1.61. The average Bonchev–Trinajstić information content (AvgIpc) is 2.92. The fraction of sp³-hybridized carbons (Fsp3) is 0.500. The van der Waals surface area contributed by atoms with Gasteiger partial charge in [-0.25, -0.2) is 4.98 Å². The Balaban J connectivity index is 1.37. The molecule has 3 heterocycles. The van der Waals surface area contributed by atoms with E-state index in [1.807, 2.05) is 18.3 Å². The van der Waals surface area contributed by atoms with Crippen molar-refractivity contribution in [3.8, 4) is 5.88 Å². The number of anilines is 1. The Bertz CT molecular complexity index is 662. The highest BCUT2D eigenvalue weighted by Crippen LogP contribution is 2.13. The number of pyridine rings is 1. The van der Waals surface area contributed by atoms with Crippen LogP contribution in [0.1, 0.15) is 12.8 Å². The summed E-state index contributed by atoms with van der Waals surface area (Å²) in [6, 6.07) is 6.02. The minimum Gasteiger partial charge on any atom is -0.494 e. The van der Waals surface area contributed by atoms with E-state index in [0.717, 1.165) is 62.7 Å². The number of unbranched alkanes of at least 4 members (excludes halogenated alkanes) is 1. The van der Waals surface area contributed by atoms with Gasteiger partial charge in [0.2, 0.25) is 5.88 Å². The zero-order valence-corrected chi connectivity index (χ0v) is 13.9. The molecule has 124 valence electrons. The molecule has 0 unspecified atom stereocenters. The number of thiazole rings is 1. The third kappa shape index (κ3) is 4.11. The zero-order chi connectivity index (χ0) is 16.1. The van der Waals surface area contributed by atoms with E-state index in [4.69, 9.17) is 0 Å². The number of aromatic nitrogens is 2. The molecule has 0 saturated carbocycles. The van der Waals surface area contributed by atoms with E-state index >= 15 is 0 Å². The first-order valence-corrected chi connectivity index (χ1v) is 8.87. The van der Waals surface area contributed by atoms with Crippen LogP contribution in [0.25, 0.3) is 0 Å². The molecule has 1 aliphatic rings. The molecule has 0 aliphatic carbocycles. The molecule has 0 amide bonds. The molecule has 0 aromatic carbocycles. The fourth-order valence-electron chi connectivity index (χ4n) is 2.88. The topological polar surface area (TPSA) is 61.6 Å². The molecule has 1 fully saturated rings. The monoisotopic (exact) mass is 334 g/mol. The molecule has 0 atom stereocenters. The van der Waals surface area contributed by atoms with Crippen LogP contribution in [0.4, 0.5) is 5.82 Å². The van der Waals surface area contributed by atoms with Gasteiger partial charge in [0, 0.05) is 38.9 Å². The van der Waals surface area contributed by atoms with Gasteiger partial charge < -0.3 is 10.0 Å². The zero-order valence-electron chi connectivity index (χ0n) is 13.1. The lowest BCUT2D eigenvalue weighted by atomic mass is 10.2. The first-order chi connectivity index (χ1) is 11.2. The Morgan fingerprint density at radius 3 is 2.57 bits per heavy atom. The molecule has 0 radical (unpaired) electrons. The van der Waals surface area contributed by atoms with Gasteiger partial charge in [-0.3, -0.25) is 14.3 Å². The fourth-order valence-corrected chi connectivity index (χ4v) is 3.52. The number of rotatable bonds is 6. The van der Waals surface area contributed by atoms with Gasteiger partial charge in [-0.1, -0.05) is 17.4 Å². The maximum absolute atomic E-state index is 11.5. The summed E-state index contributed by atoms with van der Waals surface area (Å²) in [5.74, 6) is 1.14. The molecular formula is C16H22N4O2S. The largest absolute Gasteiger partial charge is 0.494 e. The first kappa shape index (κ1) is 16.0. The van der Waals surface area contributed by atoms with Crippen LogP contribution in [0.15, 0.2) is 34.6 Å². The Morgan fingerprint density at radius 1 is 1.13 bits per heavy atom. The molecule has 23 heavy (non-hydrogen) atoms. The van der Waals surface area contributed by atoms with E-state index in [-0.39, 0.29) is 10.8 Å². The standard InChI is InChI=1S/C16H22N4O2S/c21-15-13-23-16(22)20(15)8-4-3-7-18-9-11-19(12-10-18)14-5-1-2-6-17-14/h1-2,5-6,13,21H,3-4,7-12H2. The summed E-state index contributed by atoms with van der Waals surface area (Å²) in [6.07, 6.45) is 3.78.